The van der Waals surface area contributed by atoms with Gasteiger partial charge in [0, 0.05) is 15.7 Å². The lowest BCUT2D eigenvalue weighted by atomic mass is 10.2. The van der Waals surface area contributed by atoms with E-state index in [1.807, 2.05) is 0 Å². The first kappa shape index (κ1) is 13.5. The van der Waals surface area contributed by atoms with E-state index in [1.54, 1.807) is 42.5 Å². The van der Waals surface area contributed by atoms with Crippen LogP contribution in [0.2, 0.25) is 10.0 Å². The molecule has 4 N–H and O–H groups in total. The van der Waals surface area contributed by atoms with Crippen LogP contribution in [0, 0.1) is 0 Å². The molecule has 2 aromatic carbocycles. The number of urea groups is 1. The summed E-state index contributed by atoms with van der Waals surface area (Å²) in [6.07, 6.45) is 0. The topological polar surface area (TPSA) is 67.1 Å². The van der Waals surface area contributed by atoms with Gasteiger partial charge < -0.3 is 16.4 Å². The van der Waals surface area contributed by atoms with E-state index < -0.39 is 6.03 Å². The summed E-state index contributed by atoms with van der Waals surface area (Å²) in [5, 5.41) is 6.42. The number of carbonyl (C=O) groups excluding carboxylic acids is 1. The number of nitrogens with two attached hydrogens (primary N) is 1. The molecular weight excluding hydrogens is 285 g/mol. The molecule has 98 valence electrons. The molecule has 2 amide bonds. The average Bonchev–Trinajstić information content (AvgIpc) is 2.36. The molecule has 0 saturated carbocycles. The van der Waals surface area contributed by atoms with Gasteiger partial charge in [0.05, 0.1) is 11.4 Å². The van der Waals surface area contributed by atoms with E-state index in [0.717, 1.165) is 0 Å². The van der Waals surface area contributed by atoms with Crippen molar-refractivity contribution in [3.8, 4) is 0 Å². The Morgan fingerprint density at radius 2 is 1.58 bits per heavy atom. The largest absolute Gasteiger partial charge is 0.397 e. The number of rotatable bonds is 2. The molecule has 0 spiro atoms. The van der Waals surface area contributed by atoms with Crippen molar-refractivity contribution < 1.29 is 4.79 Å². The van der Waals surface area contributed by atoms with Crippen LogP contribution in [-0.2, 0) is 0 Å². The number of nitrogen functional groups attached to an aromatic ring is 1. The number of hydrogen-bond donors (Lipinski definition) is 3. The number of anilines is 3. The van der Waals surface area contributed by atoms with Crippen LogP contribution < -0.4 is 16.4 Å². The van der Waals surface area contributed by atoms with Gasteiger partial charge in [-0.15, -0.1) is 0 Å². The minimum absolute atomic E-state index is 0.392. The van der Waals surface area contributed by atoms with Gasteiger partial charge in [-0.1, -0.05) is 23.2 Å². The Morgan fingerprint density at radius 3 is 2.21 bits per heavy atom. The van der Waals surface area contributed by atoms with Crippen molar-refractivity contribution in [3.63, 3.8) is 0 Å². The zero-order valence-electron chi connectivity index (χ0n) is 9.78. The van der Waals surface area contributed by atoms with Crippen molar-refractivity contribution in [2.45, 2.75) is 0 Å². The van der Waals surface area contributed by atoms with Crippen LogP contribution in [0.4, 0.5) is 21.9 Å². The van der Waals surface area contributed by atoms with Gasteiger partial charge in [-0.25, -0.2) is 4.79 Å². The van der Waals surface area contributed by atoms with Crippen LogP contribution in [0.1, 0.15) is 0 Å². The quantitative estimate of drug-likeness (QED) is 0.726. The van der Waals surface area contributed by atoms with Crippen LogP contribution in [-0.4, -0.2) is 6.03 Å². The minimum atomic E-state index is -0.392. The van der Waals surface area contributed by atoms with Gasteiger partial charge in [0.2, 0.25) is 0 Å². The fourth-order valence-corrected chi connectivity index (χ4v) is 1.77. The summed E-state index contributed by atoms with van der Waals surface area (Å²) in [6, 6.07) is 11.2. The maximum Gasteiger partial charge on any atom is 0.323 e. The molecule has 2 aromatic rings. The molecular formula is C13H11Cl2N3O. The molecule has 0 radical (unpaired) electrons. The maximum absolute atomic E-state index is 11.8. The fraction of sp³-hybridized carbons (Fsp3) is 0. The molecule has 0 aliphatic carbocycles. The van der Waals surface area contributed by atoms with Gasteiger partial charge in [-0.3, -0.25) is 0 Å². The van der Waals surface area contributed by atoms with Gasteiger partial charge in [0.1, 0.15) is 0 Å². The molecule has 0 aromatic heterocycles. The highest BCUT2D eigenvalue weighted by Crippen LogP contribution is 2.23. The second-order valence-corrected chi connectivity index (χ2v) is 4.69. The number of benzene rings is 2. The van der Waals surface area contributed by atoms with Crippen LogP contribution in [0.3, 0.4) is 0 Å². The lowest BCUT2D eigenvalue weighted by molar-refractivity contribution is 0.262. The van der Waals surface area contributed by atoms with Gasteiger partial charge >= 0.3 is 6.03 Å². The van der Waals surface area contributed by atoms with E-state index in [4.69, 9.17) is 28.9 Å². The molecule has 0 aliphatic rings. The summed E-state index contributed by atoms with van der Waals surface area (Å²) in [5.74, 6) is 0. The fourth-order valence-electron chi connectivity index (χ4n) is 1.47. The first-order valence-electron chi connectivity index (χ1n) is 5.43. The minimum Gasteiger partial charge on any atom is -0.397 e. The highest BCUT2D eigenvalue weighted by Gasteiger charge is 2.05. The Hall–Kier alpha value is -1.91. The molecule has 19 heavy (non-hydrogen) atoms. The number of amides is 2. The molecule has 0 fully saturated rings. The Kier molecular flexibility index (Phi) is 4.14. The Morgan fingerprint density at radius 1 is 0.947 bits per heavy atom. The third kappa shape index (κ3) is 3.77. The second kappa shape index (κ2) is 5.82. The van der Waals surface area contributed by atoms with Crippen molar-refractivity contribution >= 4 is 46.3 Å². The zero-order chi connectivity index (χ0) is 13.8. The molecule has 0 atom stereocenters. The summed E-state index contributed by atoms with van der Waals surface area (Å²) in [5.41, 5.74) is 7.27. The van der Waals surface area contributed by atoms with Gasteiger partial charge in [-0.05, 0) is 42.5 Å². The lowest BCUT2D eigenvalue weighted by Crippen LogP contribution is -2.20. The van der Waals surface area contributed by atoms with Gasteiger partial charge in [-0.2, -0.15) is 0 Å². The Labute approximate surface area is 120 Å². The van der Waals surface area contributed by atoms with Crippen LogP contribution in [0.15, 0.2) is 42.5 Å². The van der Waals surface area contributed by atoms with Crippen LogP contribution in [0.5, 0.6) is 0 Å². The normalized spacial score (nSPS) is 10.0. The third-order valence-electron chi connectivity index (χ3n) is 2.36. The van der Waals surface area contributed by atoms with Crippen LogP contribution >= 0.6 is 23.2 Å². The second-order valence-electron chi connectivity index (χ2n) is 3.82. The van der Waals surface area contributed by atoms with Crippen molar-refractivity contribution in [2.75, 3.05) is 16.4 Å². The molecule has 0 saturated heterocycles. The van der Waals surface area contributed by atoms with Crippen molar-refractivity contribution in [1.29, 1.82) is 0 Å². The van der Waals surface area contributed by atoms with Gasteiger partial charge in [0.15, 0.2) is 0 Å². The lowest BCUT2D eigenvalue weighted by Gasteiger charge is -2.10. The summed E-state index contributed by atoms with van der Waals surface area (Å²) in [6.45, 7) is 0. The standard InChI is InChI=1S/C13H11Cl2N3O/c14-8-1-4-10(5-2-8)17-13(19)18-12-6-3-9(15)7-11(12)16/h1-7H,16H2,(H2,17,18,19). The number of nitrogens with one attached hydrogen (secondary N) is 2. The highest BCUT2D eigenvalue weighted by molar-refractivity contribution is 6.31. The Balaban J connectivity index is 2.03. The first-order valence-corrected chi connectivity index (χ1v) is 6.19. The summed E-state index contributed by atoms with van der Waals surface area (Å²) < 4.78 is 0. The van der Waals surface area contributed by atoms with Crippen molar-refractivity contribution in [1.82, 2.24) is 0 Å². The molecule has 6 heteroatoms. The third-order valence-corrected chi connectivity index (χ3v) is 2.85. The van der Waals surface area contributed by atoms with Crippen molar-refractivity contribution in [3.05, 3.63) is 52.5 Å². The predicted molar refractivity (Wildman–Crippen MR) is 80.0 cm³/mol. The molecule has 0 bridgehead atoms. The SMILES string of the molecule is Nc1cc(Cl)ccc1NC(=O)Nc1ccc(Cl)cc1. The molecule has 0 unspecified atom stereocenters. The number of halogens is 2. The molecule has 0 aliphatic heterocycles. The molecule has 0 heterocycles. The van der Waals surface area contributed by atoms with E-state index in [2.05, 4.69) is 10.6 Å². The highest BCUT2D eigenvalue weighted by atomic mass is 35.5. The summed E-state index contributed by atoms with van der Waals surface area (Å²) >= 11 is 11.5. The number of hydrogen-bond acceptors (Lipinski definition) is 2. The monoisotopic (exact) mass is 295 g/mol. The predicted octanol–water partition coefficient (Wildman–Crippen LogP) is 4.22. The van der Waals surface area contributed by atoms with E-state index >= 15 is 0 Å². The van der Waals surface area contributed by atoms with E-state index in [0.29, 0.717) is 27.1 Å². The van der Waals surface area contributed by atoms with E-state index in [1.165, 1.54) is 0 Å². The summed E-state index contributed by atoms with van der Waals surface area (Å²) in [7, 11) is 0. The summed E-state index contributed by atoms with van der Waals surface area (Å²) in [4.78, 5) is 11.8. The van der Waals surface area contributed by atoms with Crippen molar-refractivity contribution in [2.24, 2.45) is 0 Å². The van der Waals surface area contributed by atoms with E-state index in [-0.39, 0.29) is 0 Å². The zero-order valence-corrected chi connectivity index (χ0v) is 11.3. The Bertz CT molecular complexity index is 599. The molecule has 2 rings (SSSR count). The maximum atomic E-state index is 11.8. The smallest absolute Gasteiger partial charge is 0.323 e. The van der Waals surface area contributed by atoms with E-state index in [9.17, 15) is 4.79 Å². The average molecular weight is 296 g/mol. The van der Waals surface area contributed by atoms with Gasteiger partial charge in [0.25, 0.3) is 0 Å². The first-order chi connectivity index (χ1) is 9.04. The number of carbonyl (C=O) groups is 1. The van der Waals surface area contributed by atoms with Crippen LogP contribution in [0.25, 0.3) is 0 Å². The molecule has 4 nitrogen and oxygen atoms in total.